The van der Waals surface area contributed by atoms with Crippen LogP contribution in [0.3, 0.4) is 0 Å². The molecule has 7 heteroatoms. The largest absolute Gasteiger partial charge is 0.491 e. The summed E-state index contributed by atoms with van der Waals surface area (Å²) in [5.74, 6) is 0.655. The first-order chi connectivity index (χ1) is 13.0. The van der Waals surface area contributed by atoms with Crippen LogP contribution in [0.25, 0.3) is 5.69 Å². The van der Waals surface area contributed by atoms with Crippen molar-refractivity contribution < 1.29 is 9.53 Å². The van der Waals surface area contributed by atoms with Gasteiger partial charge in [0, 0.05) is 12.1 Å². The summed E-state index contributed by atoms with van der Waals surface area (Å²) < 4.78 is 7.42. The Labute approximate surface area is 160 Å². The second-order valence-corrected chi connectivity index (χ2v) is 7.28. The van der Waals surface area contributed by atoms with Gasteiger partial charge in [-0.3, -0.25) is 4.79 Å². The molecule has 7 nitrogen and oxygen atoms in total. The van der Waals surface area contributed by atoms with Gasteiger partial charge in [-0.05, 0) is 70.8 Å². The molecule has 1 saturated heterocycles. The number of aromatic nitrogens is 3. The normalized spacial score (nSPS) is 19.9. The number of amides is 1. The highest BCUT2D eigenvalue weighted by atomic mass is 16.5. The Balaban J connectivity index is 1.79. The number of hydrogen-bond acceptors (Lipinski definition) is 5. The van der Waals surface area contributed by atoms with Crippen molar-refractivity contribution in [3.05, 3.63) is 35.7 Å². The van der Waals surface area contributed by atoms with Gasteiger partial charge in [-0.15, -0.1) is 5.10 Å². The van der Waals surface area contributed by atoms with Crippen LogP contribution < -0.4 is 15.4 Å². The molecule has 1 amide bonds. The third-order valence-corrected chi connectivity index (χ3v) is 4.84. The van der Waals surface area contributed by atoms with Gasteiger partial charge in [0.05, 0.1) is 17.5 Å². The van der Waals surface area contributed by atoms with E-state index in [1.807, 2.05) is 45.0 Å². The molecule has 27 heavy (non-hydrogen) atoms. The van der Waals surface area contributed by atoms with E-state index in [0.717, 1.165) is 36.5 Å². The lowest BCUT2D eigenvalue weighted by molar-refractivity contribution is 0.0913. The molecule has 2 unspecified atom stereocenters. The number of hydrogen-bond donors (Lipinski definition) is 2. The Kier molecular flexibility index (Phi) is 6.11. The van der Waals surface area contributed by atoms with Gasteiger partial charge < -0.3 is 15.4 Å². The van der Waals surface area contributed by atoms with E-state index < -0.39 is 0 Å². The molecule has 1 fully saturated rings. The second-order valence-electron chi connectivity index (χ2n) is 7.28. The lowest BCUT2D eigenvalue weighted by Gasteiger charge is -2.30. The number of piperidine rings is 1. The molecule has 0 saturated carbocycles. The quantitative estimate of drug-likeness (QED) is 0.815. The average molecular weight is 371 g/mol. The molecular weight excluding hydrogens is 342 g/mol. The Morgan fingerprint density at radius 3 is 2.74 bits per heavy atom. The molecule has 2 heterocycles. The highest BCUT2D eigenvalue weighted by Gasteiger charge is 2.26. The Morgan fingerprint density at radius 1 is 1.37 bits per heavy atom. The van der Waals surface area contributed by atoms with E-state index in [1.165, 1.54) is 0 Å². The zero-order chi connectivity index (χ0) is 19.4. The summed E-state index contributed by atoms with van der Waals surface area (Å²) in [6.45, 7) is 9.10. The minimum Gasteiger partial charge on any atom is -0.491 e. The van der Waals surface area contributed by atoms with E-state index in [4.69, 9.17) is 4.74 Å². The number of ether oxygens (including phenoxy) is 1. The lowest BCUT2D eigenvalue weighted by atomic mass is 9.99. The standard InChI is InChI=1S/C20H29N5O2/c1-5-18-19(20(26)22-17-7-6-12-21-14(17)4)23-24-25(18)15-8-10-16(11-9-15)27-13(2)3/h8-11,13-14,17,21H,5-7,12H2,1-4H3,(H,22,26). The first-order valence-corrected chi connectivity index (χ1v) is 9.75. The van der Waals surface area contributed by atoms with E-state index in [1.54, 1.807) is 4.68 Å². The van der Waals surface area contributed by atoms with Crippen LogP contribution in [-0.4, -0.2) is 45.6 Å². The fourth-order valence-electron chi connectivity index (χ4n) is 3.42. The van der Waals surface area contributed by atoms with Gasteiger partial charge in [-0.2, -0.15) is 0 Å². The van der Waals surface area contributed by atoms with Crippen molar-refractivity contribution >= 4 is 5.91 Å². The van der Waals surface area contributed by atoms with Gasteiger partial charge in [-0.25, -0.2) is 4.68 Å². The molecule has 3 rings (SSSR count). The zero-order valence-corrected chi connectivity index (χ0v) is 16.5. The van der Waals surface area contributed by atoms with Crippen molar-refractivity contribution in [3.8, 4) is 11.4 Å². The maximum atomic E-state index is 12.8. The van der Waals surface area contributed by atoms with Gasteiger partial charge in [0.25, 0.3) is 5.91 Å². The number of carbonyl (C=O) groups is 1. The van der Waals surface area contributed by atoms with Gasteiger partial charge in [-0.1, -0.05) is 12.1 Å². The molecule has 0 bridgehead atoms. The zero-order valence-electron chi connectivity index (χ0n) is 16.5. The SMILES string of the molecule is CCc1c(C(=O)NC2CCCNC2C)nnn1-c1ccc(OC(C)C)cc1. The number of carbonyl (C=O) groups excluding carboxylic acids is 1. The van der Waals surface area contributed by atoms with Gasteiger partial charge in [0.15, 0.2) is 5.69 Å². The molecule has 0 spiro atoms. The monoisotopic (exact) mass is 371 g/mol. The number of nitrogens with one attached hydrogen (secondary N) is 2. The Hall–Kier alpha value is -2.41. The topological polar surface area (TPSA) is 81.1 Å². The smallest absolute Gasteiger partial charge is 0.274 e. The van der Waals surface area contributed by atoms with Crippen LogP contribution in [0.4, 0.5) is 0 Å². The van der Waals surface area contributed by atoms with Crippen LogP contribution in [-0.2, 0) is 6.42 Å². The van der Waals surface area contributed by atoms with Crippen molar-refractivity contribution in [3.63, 3.8) is 0 Å². The van der Waals surface area contributed by atoms with Crippen molar-refractivity contribution in [1.29, 1.82) is 0 Å². The van der Waals surface area contributed by atoms with Crippen molar-refractivity contribution in [1.82, 2.24) is 25.6 Å². The second kappa shape index (κ2) is 8.52. The van der Waals surface area contributed by atoms with Gasteiger partial charge >= 0.3 is 0 Å². The molecule has 2 N–H and O–H groups in total. The molecule has 1 aliphatic heterocycles. The van der Waals surface area contributed by atoms with Crippen LogP contribution in [0.2, 0.25) is 0 Å². The van der Waals surface area contributed by atoms with E-state index in [9.17, 15) is 4.79 Å². The fourth-order valence-corrected chi connectivity index (χ4v) is 3.42. The summed E-state index contributed by atoms with van der Waals surface area (Å²) in [4.78, 5) is 12.8. The minimum atomic E-state index is -0.154. The molecule has 2 aromatic rings. The van der Waals surface area contributed by atoms with Crippen LogP contribution >= 0.6 is 0 Å². The summed E-state index contributed by atoms with van der Waals surface area (Å²) in [6.07, 6.45) is 2.83. The molecular formula is C20H29N5O2. The molecule has 146 valence electrons. The van der Waals surface area contributed by atoms with E-state index >= 15 is 0 Å². The first kappa shape index (κ1) is 19.4. The minimum absolute atomic E-state index is 0.119. The van der Waals surface area contributed by atoms with Crippen molar-refractivity contribution in [2.24, 2.45) is 0 Å². The molecule has 1 aromatic heterocycles. The fraction of sp³-hybridized carbons (Fsp3) is 0.550. The first-order valence-electron chi connectivity index (χ1n) is 9.75. The molecule has 2 atom stereocenters. The summed E-state index contributed by atoms with van der Waals surface area (Å²) in [5.41, 5.74) is 2.07. The third-order valence-electron chi connectivity index (χ3n) is 4.84. The highest BCUT2D eigenvalue weighted by Crippen LogP contribution is 2.19. The predicted octanol–water partition coefficient (Wildman–Crippen LogP) is 2.49. The summed E-state index contributed by atoms with van der Waals surface area (Å²) >= 11 is 0. The average Bonchev–Trinajstić information content (AvgIpc) is 3.08. The van der Waals surface area contributed by atoms with Crippen LogP contribution in [0, 0.1) is 0 Å². The molecule has 1 aliphatic rings. The number of benzene rings is 1. The van der Waals surface area contributed by atoms with E-state index in [-0.39, 0.29) is 24.1 Å². The summed E-state index contributed by atoms with van der Waals surface area (Å²) in [6, 6.07) is 8.06. The number of nitrogens with zero attached hydrogens (tertiary/aromatic N) is 3. The Bertz CT molecular complexity index is 769. The molecule has 0 aliphatic carbocycles. The molecule has 1 aromatic carbocycles. The van der Waals surface area contributed by atoms with Crippen LogP contribution in [0.1, 0.15) is 56.7 Å². The van der Waals surface area contributed by atoms with E-state index in [0.29, 0.717) is 12.1 Å². The van der Waals surface area contributed by atoms with Gasteiger partial charge in [0.2, 0.25) is 0 Å². The van der Waals surface area contributed by atoms with Crippen molar-refractivity contribution in [2.45, 2.75) is 65.1 Å². The maximum absolute atomic E-state index is 12.8. The Morgan fingerprint density at radius 2 is 2.11 bits per heavy atom. The summed E-state index contributed by atoms with van der Waals surface area (Å²) in [7, 11) is 0. The van der Waals surface area contributed by atoms with Crippen LogP contribution in [0.5, 0.6) is 5.75 Å². The number of rotatable bonds is 6. The van der Waals surface area contributed by atoms with E-state index in [2.05, 4.69) is 27.9 Å². The lowest BCUT2D eigenvalue weighted by Crippen LogP contribution is -2.52. The van der Waals surface area contributed by atoms with Crippen molar-refractivity contribution in [2.75, 3.05) is 6.54 Å². The van der Waals surface area contributed by atoms with Crippen LogP contribution in [0.15, 0.2) is 24.3 Å². The highest BCUT2D eigenvalue weighted by molar-refractivity contribution is 5.93. The third kappa shape index (κ3) is 4.47. The summed E-state index contributed by atoms with van der Waals surface area (Å²) in [5, 5.41) is 14.9. The van der Waals surface area contributed by atoms with Gasteiger partial charge in [0.1, 0.15) is 5.75 Å². The molecule has 0 radical (unpaired) electrons. The predicted molar refractivity (Wildman–Crippen MR) is 104 cm³/mol. The maximum Gasteiger partial charge on any atom is 0.274 e.